The lowest BCUT2D eigenvalue weighted by molar-refractivity contribution is -0.131. The lowest BCUT2D eigenvalue weighted by Gasteiger charge is -2.15. The maximum atomic E-state index is 5.75. The highest BCUT2D eigenvalue weighted by Gasteiger charge is 2.25. The molecule has 1 heterocycles. The summed E-state index contributed by atoms with van der Waals surface area (Å²) in [5, 5.41) is 0. The van der Waals surface area contributed by atoms with Gasteiger partial charge in [-0.15, -0.1) is 0 Å². The second-order valence-corrected chi connectivity index (χ2v) is 5.03. The number of alkyl halides is 1. The van der Waals surface area contributed by atoms with Crippen LogP contribution in [0.5, 0.6) is 0 Å². The fourth-order valence-corrected chi connectivity index (χ4v) is 1.92. The number of ether oxygens (including phenoxy) is 2. The minimum atomic E-state index is 0.0820. The molecule has 13 heavy (non-hydrogen) atoms. The van der Waals surface area contributed by atoms with Gasteiger partial charge in [-0.2, -0.15) is 0 Å². The number of hydrogen-bond donors (Lipinski definition) is 0. The Kier molecular flexibility index (Phi) is 5.58. The van der Waals surface area contributed by atoms with E-state index in [4.69, 9.17) is 9.47 Å². The lowest BCUT2D eigenvalue weighted by atomic mass is 10.0. The van der Waals surface area contributed by atoms with Crippen molar-refractivity contribution in [2.75, 3.05) is 11.0 Å². The molecule has 2 unspecified atom stereocenters. The van der Waals surface area contributed by atoms with Gasteiger partial charge in [-0.05, 0) is 18.8 Å². The predicted molar refractivity (Wildman–Crippen MR) is 62.2 cm³/mol. The first-order valence-electron chi connectivity index (χ1n) is 5.05. The van der Waals surface area contributed by atoms with Crippen LogP contribution in [0, 0.1) is 5.92 Å². The van der Waals surface area contributed by atoms with E-state index in [1.54, 1.807) is 0 Å². The summed E-state index contributed by atoms with van der Waals surface area (Å²) in [6.45, 7) is 5.30. The molecule has 0 spiro atoms. The third-order valence-corrected chi connectivity index (χ3v) is 2.62. The summed E-state index contributed by atoms with van der Waals surface area (Å²) < 4.78 is 12.3. The van der Waals surface area contributed by atoms with E-state index >= 15 is 0 Å². The van der Waals surface area contributed by atoms with E-state index in [9.17, 15) is 0 Å². The topological polar surface area (TPSA) is 18.5 Å². The van der Waals surface area contributed by atoms with Gasteiger partial charge >= 0.3 is 0 Å². The molecule has 1 saturated heterocycles. The summed E-state index contributed by atoms with van der Waals surface area (Å²) >= 11 is 2.32. The molecule has 0 bridgehead atoms. The Labute approximate surface area is 94.5 Å². The van der Waals surface area contributed by atoms with Gasteiger partial charge in [0.05, 0.1) is 12.7 Å². The number of hydrogen-bond acceptors (Lipinski definition) is 2. The maximum absolute atomic E-state index is 5.75. The molecule has 2 atom stereocenters. The molecule has 0 aliphatic carbocycles. The SMILES string of the molecule is CC(C)CC1CCC(OCCI)O1. The molecule has 0 aromatic rings. The molecule has 0 saturated carbocycles. The van der Waals surface area contributed by atoms with Gasteiger partial charge in [0.1, 0.15) is 0 Å². The van der Waals surface area contributed by atoms with E-state index in [0.29, 0.717) is 6.10 Å². The number of halogens is 1. The molecule has 3 heteroatoms. The van der Waals surface area contributed by atoms with Gasteiger partial charge in [0.25, 0.3) is 0 Å². The normalized spacial score (nSPS) is 28.6. The van der Waals surface area contributed by atoms with Crippen LogP contribution < -0.4 is 0 Å². The van der Waals surface area contributed by atoms with Crippen LogP contribution >= 0.6 is 22.6 Å². The smallest absolute Gasteiger partial charge is 0.158 e. The van der Waals surface area contributed by atoms with Crippen molar-refractivity contribution in [3.05, 3.63) is 0 Å². The van der Waals surface area contributed by atoms with E-state index < -0.39 is 0 Å². The third kappa shape index (κ3) is 4.61. The molecule has 1 rings (SSSR count). The molecule has 0 aromatic carbocycles. The zero-order valence-corrected chi connectivity index (χ0v) is 10.6. The Bertz CT molecular complexity index is 139. The summed E-state index contributed by atoms with van der Waals surface area (Å²) in [5.74, 6) is 0.730. The first-order chi connectivity index (χ1) is 6.22. The molecule has 2 nitrogen and oxygen atoms in total. The molecular weight excluding hydrogens is 279 g/mol. The zero-order chi connectivity index (χ0) is 9.68. The summed E-state index contributed by atoms with van der Waals surface area (Å²) in [6, 6.07) is 0. The largest absolute Gasteiger partial charge is 0.352 e. The van der Waals surface area contributed by atoms with Crippen molar-refractivity contribution in [1.82, 2.24) is 0 Å². The Morgan fingerprint density at radius 3 is 2.85 bits per heavy atom. The average Bonchev–Trinajstić information content (AvgIpc) is 2.48. The average molecular weight is 298 g/mol. The van der Waals surface area contributed by atoms with Gasteiger partial charge in [-0.3, -0.25) is 0 Å². The highest BCUT2D eigenvalue weighted by molar-refractivity contribution is 14.1. The molecule has 0 amide bonds. The monoisotopic (exact) mass is 298 g/mol. The van der Waals surface area contributed by atoms with Gasteiger partial charge in [0, 0.05) is 10.8 Å². The van der Waals surface area contributed by atoms with Crippen molar-refractivity contribution in [2.45, 2.75) is 45.5 Å². The molecule has 1 aliphatic heterocycles. The Morgan fingerprint density at radius 2 is 2.23 bits per heavy atom. The van der Waals surface area contributed by atoms with Crippen molar-refractivity contribution in [3.8, 4) is 0 Å². The third-order valence-electron chi connectivity index (χ3n) is 2.18. The van der Waals surface area contributed by atoms with Gasteiger partial charge in [0.2, 0.25) is 0 Å². The Balaban J connectivity index is 2.12. The van der Waals surface area contributed by atoms with Crippen LogP contribution in [-0.2, 0) is 9.47 Å². The molecule has 1 aliphatic rings. The number of rotatable bonds is 5. The fraction of sp³-hybridized carbons (Fsp3) is 1.00. The van der Waals surface area contributed by atoms with Crippen molar-refractivity contribution >= 4 is 22.6 Å². The Hall–Kier alpha value is 0.650. The molecular formula is C10H19IO2. The van der Waals surface area contributed by atoms with Crippen molar-refractivity contribution in [1.29, 1.82) is 0 Å². The van der Waals surface area contributed by atoms with E-state index in [1.165, 1.54) is 12.8 Å². The zero-order valence-electron chi connectivity index (χ0n) is 8.46. The summed E-state index contributed by atoms with van der Waals surface area (Å²) in [7, 11) is 0. The fourth-order valence-electron chi connectivity index (χ4n) is 1.67. The van der Waals surface area contributed by atoms with Gasteiger partial charge in [0.15, 0.2) is 6.29 Å². The van der Waals surface area contributed by atoms with Crippen LogP contribution in [-0.4, -0.2) is 23.4 Å². The second kappa shape index (κ2) is 6.19. The van der Waals surface area contributed by atoms with Crippen LogP contribution in [0.2, 0.25) is 0 Å². The summed E-state index contributed by atoms with van der Waals surface area (Å²) in [5.41, 5.74) is 0. The minimum absolute atomic E-state index is 0.0820. The van der Waals surface area contributed by atoms with Gasteiger partial charge in [-0.25, -0.2) is 0 Å². The maximum Gasteiger partial charge on any atom is 0.158 e. The second-order valence-electron chi connectivity index (χ2n) is 3.95. The quantitative estimate of drug-likeness (QED) is 0.574. The van der Waals surface area contributed by atoms with Crippen molar-refractivity contribution in [3.63, 3.8) is 0 Å². The summed E-state index contributed by atoms with van der Waals surface area (Å²) in [6.07, 6.45) is 3.94. The lowest BCUT2D eigenvalue weighted by Crippen LogP contribution is -2.16. The van der Waals surface area contributed by atoms with Crippen LogP contribution in [0.1, 0.15) is 33.1 Å². The Morgan fingerprint density at radius 1 is 1.46 bits per heavy atom. The molecule has 0 radical (unpaired) electrons. The summed E-state index contributed by atoms with van der Waals surface area (Å²) in [4.78, 5) is 0. The van der Waals surface area contributed by atoms with Crippen molar-refractivity contribution in [2.24, 2.45) is 5.92 Å². The highest BCUT2D eigenvalue weighted by Crippen LogP contribution is 2.25. The van der Waals surface area contributed by atoms with Gasteiger partial charge in [-0.1, -0.05) is 36.4 Å². The first-order valence-corrected chi connectivity index (χ1v) is 6.58. The molecule has 0 N–H and O–H groups in total. The van der Waals surface area contributed by atoms with Gasteiger partial charge < -0.3 is 9.47 Å². The highest BCUT2D eigenvalue weighted by atomic mass is 127. The molecule has 78 valence electrons. The predicted octanol–water partition coefficient (Wildman–Crippen LogP) is 2.99. The van der Waals surface area contributed by atoms with E-state index in [1.807, 2.05) is 0 Å². The van der Waals surface area contributed by atoms with Crippen molar-refractivity contribution < 1.29 is 9.47 Å². The standard InChI is InChI=1S/C10H19IO2/c1-8(2)7-9-3-4-10(13-9)12-6-5-11/h8-10H,3-7H2,1-2H3. The van der Waals surface area contributed by atoms with E-state index in [-0.39, 0.29) is 6.29 Å². The van der Waals surface area contributed by atoms with E-state index in [2.05, 4.69) is 36.4 Å². The first kappa shape index (κ1) is 11.7. The van der Waals surface area contributed by atoms with Crippen LogP contribution in [0.15, 0.2) is 0 Å². The molecule has 1 fully saturated rings. The van der Waals surface area contributed by atoms with Crippen LogP contribution in [0.4, 0.5) is 0 Å². The van der Waals surface area contributed by atoms with E-state index in [0.717, 1.165) is 23.4 Å². The minimum Gasteiger partial charge on any atom is -0.352 e. The van der Waals surface area contributed by atoms with Crippen LogP contribution in [0.3, 0.4) is 0 Å². The molecule has 0 aromatic heterocycles. The van der Waals surface area contributed by atoms with Crippen LogP contribution in [0.25, 0.3) is 0 Å².